The molecule has 0 unspecified atom stereocenters. The molecule has 1 aliphatic heterocycles. The maximum Gasteiger partial charge on any atom is 0.329 e. The topological polar surface area (TPSA) is 87.0 Å². The smallest absolute Gasteiger partial charge is 0.329 e. The fourth-order valence-corrected chi connectivity index (χ4v) is 4.75. The Labute approximate surface area is 220 Å². The molecular formula is C26H30Cl2N4O4. The second kappa shape index (κ2) is 12.5. The Morgan fingerprint density at radius 1 is 1.03 bits per heavy atom. The van der Waals surface area contributed by atoms with Gasteiger partial charge in [-0.25, -0.2) is 9.36 Å². The molecule has 0 atom stereocenters. The number of unbranched alkanes of at least 4 members (excludes halogenated alkanes) is 1. The molecule has 1 saturated heterocycles. The van der Waals surface area contributed by atoms with Crippen LogP contribution < -0.4 is 20.5 Å². The molecule has 3 aromatic rings. The van der Waals surface area contributed by atoms with Gasteiger partial charge in [0.15, 0.2) is 0 Å². The minimum absolute atomic E-state index is 0.0707. The fourth-order valence-electron chi connectivity index (χ4n) is 4.33. The van der Waals surface area contributed by atoms with Crippen LogP contribution >= 0.6 is 23.2 Å². The first-order valence-corrected chi connectivity index (χ1v) is 12.8. The van der Waals surface area contributed by atoms with Crippen molar-refractivity contribution >= 4 is 45.8 Å². The number of carbonyl (C=O) groups excluding carboxylic acids is 1. The molecule has 0 bridgehead atoms. The number of nitrogens with zero attached hydrogens (tertiary/aromatic N) is 3. The molecule has 36 heavy (non-hydrogen) atoms. The Balaban J connectivity index is 1.25. The zero-order chi connectivity index (χ0) is 25.5. The summed E-state index contributed by atoms with van der Waals surface area (Å²) in [4.78, 5) is 29.4. The quantitative estimate of drug-likeness (QED) is 0.407. The van der Waals surface area contributed by atoms with Crippen LogP contribution in [0.3, 0.4) is 0 Å². The number of carbonyl (C=O) groups is 1. The van der Waals surface area contributed by atoms with E-state index in [0.717, 1.165) is 61.2 Å². The lowest BCUT2D eigenvalue weighted by Gasteiger charge is -2.36. The van der Waals surface area contributed by atoms with Crippen molar-refractivity contribution in [3.05, 3.63) is 68.9 Å². The van der Waals surface area contributed by atoms with Crippen molar-refractivity contribution in [2.24, 2.45) is 0 Å². The van der Waals surface area contributed by atoms with Crippen molar-refractivity contribution in [2.45, 2.75) is 12.8 Å². The summed E-state index contributed by atoms with van der Waals surface area (Å²) in [5.41, 5.74) is 1.02. The van der Waals surface area contributed by atoms with Gasteiger partial charge in [-0.05, 0) is 55.1 Å². The normalized spacial score (nSPS) is 14.2. The highest BCUT2D eigenvalue weighted by Crippen LogP contribution is 2.32. The molecule has 0 aliphatic carbocycles. The van der Waals surface area contributed by atoms with Gasteiger partial charge in [-0.3, -0.25) is 9.69 Å². The maximum atomic E-state index is 12.4. The maximum absolute atomic E-state index is 12.4. The Hall–Kier alpha value is -2.78. The first-order chi connectivity index (χ1) is 17.5. The Morgan fingerprint density at radius 3 is 2.58 bits per heavy atom. The first-order valence-electron chi connectivity index (χ1n) is 12.1. The number of pyridine rings is 1. The van der Waals surface area contributed by atoms with E-state index >= 15 is 0 Å². The Bertz CT molecular complexity index is 1260. The number of piperazine rings is 1. The number of anilines is 1. The van der Waals surface area contributed by atoms with Gasteiger partial charge in [0.25, 0.3) is 5.56 Å². The molecule has 2 N–H and O–H groups in total. The summed E-state index contributed by atoms with van der Waals surface area (Å²) < 4.78 is 6.98. The third-order valence-corrected chi connectivity index (χ3v) is 7.05. The number of benzene rings is 2. The number of rotatable bonds is 9. The van der Waals surface area contributed by atoms with E-state index in [9.17, 15) is 9.59 Å². The van der Waals surface area contributed by atoms with Gasteiger partial charge in [-0.15, -0.1) is 0 Å². The van der Waals surface area contributed by atoms with Crippen LogP contribution in [-0.4, -0.2) is 73.1 Å². The molecule has 0 spiro atoms. The van der Waals surface area contributed by atoms with Gasteiger partial charge in [-0.1, -0.05) is 29.3 Å². The predicted molar refractivity (Wildman–Crippen MR) is 144 cm³/mol. The summed E-state index contributed by atoms with van der Waals surface area (Å²) in [6, 6.07) is 13.6. The number of hydrogen-bond donors (Lipinski definition) is 2. The highest BCUT2D eigenvalue weighted by Gasteiger charge is 2.19. The van der Waals surface area contributed by atoms with Crippen molar-refractivity contribution in [1.82, 2.24) is 14.8 Å². The zero-order valence-electron chi connectivity index (χ0n) is 20.0. The summed E-state index contributed by atoms with van der Waals surface area (Å²) in [6.45, 7) is 5.13. The molecule has 1 amide bonds. The van der Waals surface area contributed by atoms with E-state index in [2.05, 4.69) is 15.1 Å². The molecular weight excluding hydrogens is 503 g/mol. The van der Waals surface area contributed by atoms with Gasteiger partial charge in [-0.2, -0.15) is 0 Å². The molecule has 1 aliphatic rings. The molecule has 10 heteroatoms. The average Bonchev–Trinajstić information content (AvgIpc) is 2.89. The molecule has 1 aromatic heterocycles. The minimum Gasteiger partial charge on any atom is -0.494 e. The molecule has 2 heterocycles. The van der Waals surface area contributed by atoms with Crippen molar-refractivity contribution < 1.29 is 14.6 Å². The zero-order valence-corrected chi connectivity index (χ0v) is 21.5. The molecule has 0 radical (unpaired) electrons. The molecule has 8 nitrogen and oxygen atoms in total. The second-order valence-corrected chi connectivity index (χ2v) is 9.43. The van der Waals surface area contributed by atoms with Gasteiger partial charge in [0.2, 0.25) is 0 Å². The van der Waals surface area contributed by atoms with E-state index in [1.807, 2.05) is 24.3 Å². The Kier molecular flexibility index (Phi) is 9.09. The summed E-state index contributed by atoms with van der Waals surface area (Å²) in [5.74, 6) is 0.601. The van der Waals surface area contributed by atoms with Crippen LogP contribution in [-0.2, 0) is 0 Å². The second-order valence-electron chi connectivity index (χ2n) is 8.64. The lowest BCUT2D eigenvalue weighted by molar-refractivity contribution is 0.235. The summed E-state index contributed by atoms with van der Waals surface area (Å²) >= 11 is 12.5. The van der Waals surface area contributed by atoms with Crippen LogP contribution in [0, 0.1) is 0 Å². The SMILES string of the molecule is O=C(NCCO)n1c(=O)ccc2ccc(OCCCCN3CCN(c4cccc(Cl)c4Cl)CC3)cc21. The first kappa shape index (κ1) is 26.3. The van der Waals surface area contributed by atoms with Gasteiger partial charge in [0.05, 0.1) is 34.5 Å². The summed E-state index contributed by atoms with van der Waals surface area (Å²) in [6.07, 6.45) is 1.89. The van der Waals surface area contributed by atoms with Crippen LogP contribution in [0.25, 0.3) is 10.9 Å². The summed E-state index contributed by atoms with van der Waals surface area (Å²) in [7, 11) is 0. The number of ether oxygens (including phenoxy) is 1. The summed E-state index contributed by atoms with van der Waals surface area (Å²) in [5, 5.41) is 13.4. The molecule has 1 fully saturated rings. The Morgan fingerprint density at radius 2 is 1.81 bits per heavy atom. The van der Waals surface area contributed by atoms with Crippen LogP contribution in [0.2, 0.25) is 10.0 Å². The van der Waals surface area contributed by atoms with Crippen LogP contribution in [0.1, 0.15) is 12.8 Å². The fraction of sp³-hybridized carbons (Fsp3) is 0.385. The van der Waals surface area contributed by atoms with E-state index in [4.69, 9.17) is 33.0 Å². The average molecular weight is 533 g/mol. The van der Waals surface area contributed by atoms with Gasteiger partial charge in [0, 0.05) is 44.9 Å². The number of amides is 1. The van der Waals surface area contributed by atoms with Crippen LogP contribution in [0.5, 0.6) is 5.75 Å². The van der Waals surface area contributed by atoms with Crippen molar-refractivity contribution in [3.8, 4) is 5.75 Å². The molecule has 2 aromatic carbocycles. The van der Waals surface area contributed by atoms with Crippen molar-refractivity contribution in [3.63, 3.8) is 0 Å². The van der Waals surface area contributed by atoms with E-state index < -0.39 is 11.6 Å². The third-order valence-electron chi connectivity index (χ3n) is 6.24. The largest absolute Gasteiger partial charge is 0.494 e. The van der Waals surface area contributed by atoms with E-state index in [-0.39, 0.29) is 13.2 Å². The number of hydrogen-bond acceptors (Lipinski definition) is 6. The van der Waals surface area contributed by atoms with E-state index in [0.29, 0.717) is 27.9 Å². The van der Waals surface area contributed by atoms with Gasteiger partial charge < -0.3 is 20.1 Å². The molecule has 4 rings (SSSR count). The number of halogens is 2. The van der Waals surface area contributed by atoms with Gasteiger partial charge in [0.1, 0.15) is 5.75 Å². The number of aliphatic hydroxyl groups is 1. The highest BCUT2D eigenvalue weighted by molar-refractivity contribution is 6.43. The molecule has 0 saturated carbocycles. The molecule has 192 valence electrons. The monoisotopic (exact) mass is 532 g/mol. The van der Waals surface area contributed by atoms with Crippen LogP contribution in [0.15, 0.2) is 53.3 Å². The van der Waals surface area contributed by atoms with Crippen molar-refractivity contribution in [1.29, 1.82) is 0 Å². The lowest BCUT2D eigenvalue weighted by atomic mass is 10.2. The highest BCUT2D eigenvalue weighted by atomic mass is 35.5. The minimum atomic E-state index is -0.575. The predicted octanol–water partition coefficient (Wildman–Crippen LogP) is 3.84. The number of aliphatic hydroxyl groups excluding tert-OH is 1. The van der Waals surface area contributed by atoms with E-state index in [1.165, 1.54) is 6.07 Å². The number of nitrogens with one attached hydrogen (secondary N) is 1. The van der Waals surface area contributed by atoms with Crippen molar-refractivity contribution in [2.75, 3.05) is 57.4 Å². The number of aromatic nitrogens is 1. The van der Waals surface area contributed by atoms with E-state index in [1.54, 1.807) is 18.2 Å². The van der Waals surface area contributed by atoms with Crippen LogP contribution in [0.4, 0.5) is 10.5 Å². The third kappa shape index (κ3) is 6.31. The van der Waals surface area contributed by atoms with Gasteiger partial charge >= 0.3 is 6.03 Å². The standard InChI is InChI=1S/C26H30Cl2N4O4/c27-21-4-3-5-22(25(21)28)31-14-12-30(13-15-31)11-1-2-17-36-20-8-6-19-7-9-24(34)32(23(19)18-20)26(35)29-10-16-33/h3-9,18,33H,1-2,10-17H2,(H,29,35). The lowest BCUT2D eigenvalue weighted by Crippen LogP contribution is -2.46. The number of fused-ring (bicyclic) bond motifs is 1.